The van der Waals surface area contributed by atoms with Crippen LogP contribution in [-0.2, 0) is 29.1 Å². The zero-order valence-corrected chi connectivity index (χ0v) is 30.3. The van der Waals surface area contributed by atoms with Gasteiger partial charge in [-0.3, -0.25) is 19.1 Å². The summed E-state index contributed by atoms with van der Waals surface area (Å²) in [4.78, 5) is 60.1. The van der Waals surface area contributed by atoms with Crippen molar-refractivity contribution in [2.75, 3.05) is 13.2 Å². The number of fused-ring (bicyclic) bond motifs is 3. The zero-order chi connectivity index (χ0) is 34.4. The van der Waals surface area contributed by atoms with Gasteiger partial charge in [0.2, 0.25) is 27.7 Å². The maximum absolute atomic E-state index is 14.3. The van der Waals surface area contributed by atoms with E-state index in [2.05, 4.69) is 20.3 Å². The average Bonchev–Trinajstić information content (AvgIpc) is 3.80. The Morgan fingerprint density at radius 3 is 2.62 bits per heavy atom. The number of alkyl carbamates (subject to hydrolysis) is 1. The number of rotatable bonds is 7. The first kappa shape index (κ1) is 36.9. The number of amides is 4. The summed E-state index contributed by atoms with van der Waals surface area (Å²) >= 11 is 2.01. The van der Waals surface area contributed by atoms with E-state index in [0.29, 0.717) is 31.6 Å². The molecule has 260 valence electrons. The Morgan fingerprint density at radius 2 is 1.94 bits per heavy atom. The maximum atomic E-state index is 14.3. The Labute approximate surface area is 290 Å². The van der Waals surface area contributed by atoms with Gasteiger partial charge in [-0.15, -0.1) is 0 Å². The van der Waals surface area contributed by atoms with Gasteiger partial charge in [-0.05, 0) is 62.5 Å². The van der Waals surface area contributed by atoms with Crippen LogP contribution in [0.25, 0.3) is 6.08 Å². The fourth-order valence-corrected chi connectivity index (χ4v) is 7.36. The van der Waals surface area contributed by atoms with Gasteiger partial charge >= 0.3 is 6.09 Å². The Bertz CT molecular complexity index is 1440. The smallest absolute Gasteiger partial charge is 0.407 e. The van der Waals surface area contributed by atoms with E-state index in [4.69, 9.17) is 9.47 Å². The molecular formula is C32H46IN5O8S. The van der Waals surface area contributed by atoms with Crippen LogP contribution in [0, 0.1) is 5.41 Å². The highest BCUT2D eigenvalue weighted by Crippen LogP contribution is 2.30. The van der Waals surface area contributed by atoms with E-state index in [1.54, 1.807) is 33.0 Å². The molecule has 3 N–H and O–H groups in total. The Hall–Kier alpha value is -2.95. The summed E-state index contributed by atoms with van der Waals surface area (Å²) in [6.07, 6.45) is 8.92. The van der Waals surface area contributed by atoms with E-state index < -0.39 is 72.7 Å². The lowest BCUT2D eigenvalue weighted by Gasteiger charge is -2.35. The van der Waals surface area contributed by atoms with E-state index in [-0.39, 0.29) is 19.6 Å². The molecule has 1 aromatic heterocycles. The van der Waals surface area contributed by atoms with Gasteiger partial charge in [0.25, 0.3) is 5.91 Å². The van der Waals surface area contributed by atoms with Crippen molar-refractivity contribution in [1.29, 1.82) is 0 Å². The molecule has 1 aliphatic carbocycles. The molecule has 2 aliphatic heterocycles. The number of hydrogen-bond donors (Lipinski definition) is 3. The van der Waals surface area contributed by atoms with Crippen LogP contribution in [0.2, 0.25) is 0 Å². The van der Waals surface area contributed by atoms with Crippen molar-refractivity contribution < 1.29 is 37.1 Å². The second-order valence-corrected chi connectivity index (χ2v) is 16.9. The zero-order valence-electron chi connectivity index (χ0n) is 27.4. The third-order valence-electron chi connectivity index (χ3n) is 8.39. The van der Waals surface area contributed by atoms with Crippen LogP contribution in [0.1, 0.15) is 84.6 Å². The monoisotopic (exact) mass is 787 g/mol. The minimum atomic E-state index is -3.85. The molecule has 3 aliphatic rings. The largest absolute Gasteiger partial charge is 0.472 e. The summed E-state index contributed by atoms with van der Waals surface area (Å²) in [6, 6.07) is 0.369. The molecule has 47 heavy (non-hydrogen) atoms. The number of halogens is 1. The molecule has 1 saturated carbocycles. The molecule has 0 radical (unpaired) electrons. The van der Waals surface area contributed by atoms with Gasteiger partial charge in [0.15, 0.2) is 0 Å². The summed E-state index contributed by atoms with van der Waals surface area (Å²) < 4.78 is 38.5. The highest BCUT2D eigenvalue weighted by Gasteiger charge is 2.47. The minimum absolute atomic E-state index is 0.00825. The summed E-state index contributed by atoms with van der Waals surface area (Å²) in [5.74, 6) is -1.61. The fraction of sp³-hybridized carbons (Fsp3) is 0.656. The summed E-state index contributed by atoms with van der Waals surface area (Å²) in [5.41, 5.74) is -0.00261. The SMILES string of the molecule is CC[C@H](I)C(NC(=O)[C@@H]1C[C@@H]2CN1C(=O)[C@H](C(C)(C)C)NC(=O)OCCCCC/C=C/c1cccnc1O2)C(=O)NS(=O)(=O)C1CC1. The van der Waals surface area contributed by atoms with Crippen LogP contribution in [-0.4, -0.2) is 88.7 Å². The molecule has 1 aromatic rings. The first-order chi connectivity index (χ1) is 22.2. The van der Waals surface area contributed by atoms with Gasteiger partial charge in [-0.2, -0.15) is 0 Å². The normalized spacial score (nSPS) is 25.0. The van der Waals surface area contributed by atoms with Crippen LogP contribution in [0.15, 0.2) is 24.4 Å². The highest BCUT2D eigenvalue weighted by atomic mass is 127. The van der Waals surface area contributed by atoms with Crippen molar-refractivity contribution in [2.45, 2.75) is 112 Å². The number of nitrogens with one attached hydrogen (secondary N) is 3. The number of alkyl halides is 1. The lowest BCUT2D eigenvalue weighted by Crippen LogP contribution is -2.60. The Balaban J connectivity index is 1.65. The molecule has 3 heterocycles. The standard InChI is InChI=1S/C32H46IN5O8S/c1-5-23(33)25(28(40)37-47(43,44)22-14-15-22)35-27(39)24-18-21-19-38(24)30(41)26(32(2,3)4)36-31(42)45-17-10-8-6-7-9-12-20-13-11-16-34-29(20)46-21/h9,11-13,16,21-26H,5-8,10,14-15,17-19H2,1-4H3,(H,35,39)(H,36,42)(H,37,40)/b12-9+/t21-,23+,24+,25?,26-/m1/s1. The van der Waals surface area contributed by atoms with Gasteiger partial charge in [-0.1, -0.05) is 62.4 Å². The van der Waals surface area contributed by atoms with E-state index in [9.17, 15) is 27.6 Å². The summed E-state index contributed by atoms with van der Waals surface area (Å²) in [7, 11) is -3.85. The molecule has 15 heteroatoms. The van der Waals surface area contributed by atoms with Crippen LogP contribution in [0.4, 0.5) is 4.79 Å². The summed E-state index contributed by atoms with van der Waals surface area (Å²) in [5, 5.41) is 4.84. The molecule has 4 amide bonds. The number of ether oxygens (including phenoxy) is 2. The number of carbonyl (C=O) groups excluding carboxylic acids is 4. The van der Waals surface area contributed by atoms with Crippen molar-refractivity contribution in [3.63, 3.8) is 0 Å². The highest BCUT2D eigenvalue weighted by molar-refractivity contribution is 14.1. The third-order valence-corrected chi connectivity index (χ3v) is 11.8. The molecule has 0 spiro atoms. The lowest BCUT2D eigenvalue weighted by molar-refractivity contribution is -0.142. The first-order valence-corrected chi connectivity index (χ1v) is 19.0. The van der Waals surface area contributed by atoms with Crippen molar-refractivity contribution in [1.82, 2.24) is 25.2 Å². The van der Waals surface area contributed by atoms with E-state index in [1.807, 2.05) is 47.7 Å². The van der Waals surface area contributed by atoms with Crippen LogP contribution >= 0.6 is 22.6 Å². The predicted molar refractivity (Wildman–Crippen MR) is 184 cm³/mol. The minimum Gasteiger partial charge on any atom is -0.472 e. The summed E-state index contributed by atoms with van der Waals surface area (Å²) in [6.45, 7) is 7.44. The van der Waals surface area contributed by atoms with Gasteiger partial charge in [-0.25, -0.2) is 18.2 Å². The molecule has 5 atom stereocenters. The maximum Gasteiger partial charge on any atom is 0.407 e. The van der Waals surface area contributed by atoms with E-state index >= 15 is 0 Å². The second kappa shape index (κ2) is 16.0. The van der Waals surface area contributed by atoms with Crippen LogP contribution < -0.4 is 20.1 Å². The van der Waals surface area contributed by atoms with Gasteiger partial charge < -0.3 is 25.0 Å². The van der Waals surface area contributed by atoms with Crippen LogP contribution in [0.3, 0.4) is 0 Å². The third kappa shape index (κ3) is 10.0. The Morgan fingerprint density at radius 1 is 1.19 bits per heavy atom. The molecule has 4 rings (SSSR count). The molecule has 1 saturated heterocycles. The van der Waals surface area contributed by atoms with Gasteiger partial charge in [0.1, 0.15) is 24.2 Å². The van der Waals surface area contributed by atoms with Crippen molar-refractivity contribution >= 4 is 62.5 Å². The number of carbonyl (C=O) groups is 4. The molecule has 13 nitrogen and oxygen atoms in total. The number of allylic oxidation sites excluding steroid dienone is 1. The van der Waals surface area contributed by atoms with Crippen molar-refractivity contribution in [3.8, 4) is 5.88 Å². The number of cyclic esters (lactones) is 1. The van der Waals surface area contributed by atoms with Crippen LogP contribution in [0.5, 0.6) is 5.88 Å². The first-order valence-electron chi connectivity index (χ1n) is 16.2. The Kier molecular flexibility index (Phi) is 12.5. The predicted octanol–water partition coefficient (Wildman–Crippen LogP) is 3.46. The van der Waals surface area contributed by atoms with Gasteiger partial charge in [0.05, 0.1) is 18.4 Å². The van der Waals surface area contributed by atoms with Crippen molar-refractivity contribution in [3.05, 3.63) is 30.0 Å². The molecular weight excluding hydrogens is 741 g/mol. The lowest BCUT2D eigenvalue weighted by atomic mass is 9.85. The number of pyridine rings is 1. The van der Waals surface area contributed by atoms with E-state index in [1.165, 1.54) is 4.90 Å². The molecule has 0 aromatic carbocycles. The topological polar surface area (TPSA) is 173 Å². The fourth-order valence-electron chi connectivity index (χ4n) is 5.52. The molecule has 2 fully saturated rings. The van der Waals surface area contributed by atoms with E-state index in [0.717, 1.165) is 24.8 Å². The number of nitrogens with zero attached hydrogens (tertiary/aromatic N) is 2. The quantitative estimate of drug-likeness (QED) is 0.277. The second-order valence-electron chi connectivity index (χ2n) is 13.3. The number of sulfonamides is 1. The number of hydrogen-bond acceptors (Lipinski definition) is 9. The molecule has 1 unspecified atom stereocenters. The number of aromatic nitrogens is 1. The van der Waals surface area contributed by atoms with Gasteiger partial charge in [0, 0.05) is 22.1 Å². The molecule has 2 bridgehead atoms. The van der Waals surface area contributed by atoms with Crippen molar-refractivity contribution in [2.24, 2.45) is 5.41 Å². The average molecular weight is 788 g/mol.